The molecule has 0 spiro atoms. The van der Waals surface area contributed by atoms with Crippen molar-refractivity contribution in [3.63, 3.8) is 0 Å². The van der Waals surface area contributed by atoms with Gasteiger partial charge in [-0.3, -0.25) is 4.90 Å². The monoisotopic (exact) mass is 361 g/mol. The first-order valence-electron chi connectivity index (χ1n) is 8.35. The zero-order chi connectivity index (χ0) is 17.6. The van der Waals surface area contributed by atoms with Gasteiger partial charge < -0.3 is 10.2 Å². The smallest absolute Gasteiger partial charge is 0.317 e. The van der Waals surface area contributed by atoms with Crippen molar-refractivity contribution in [3.05, 3.63) is 70.5 Å². The fourth-order valence-corrected chi connectivity index (χ4v) is 3.01. The molecule has 1 aliphatic rings. The van der Waals surface area contributed by atoms with E-state index in [2.05, 4.69) is 10.2 Å². The Morgan fingerprint density at radius 1 is 1.04 bits per heavy atom. The molecule has 0 aliphatic carbocycles. The molecule has 4 nitrogen and oxygen atoms in total. The molecule has 1 fully saturated rings. The number of nitrogens with one attached hydrogen (secondary N) is 1. The molecule has 1 saturated heterocycles. The van der Waals surface area contributed by atoms with E-state index in [1.807, 2.05) is 24.3 Å². The first-order valence-corrected chi connectivity index (χ1v) is 8.72. The molecule has 1 N–H and O–H groups in total. The maximum atomic E-state index is 13.6. The van der Waals surface area contributed by atoms with Crippen LogP contribution in [0.3, 0.4) is 0 Å². The van der Waals surface area contributed by atoms with Crippen molar-refractivity contribution in [2.75, 3.05) is 26.2 Å². The van der Waals surface area contributed by atoms with Gasteiger partial charge in [-0.05, 0) is 23.8 Å². The van der Waals surface area contributed by atoms with E-state index in [0.717, 1.165) is 24.7 Å². The number of amides is 2. The van der Waals surface area contributed by atoms with Crippen molar-refractivity contribution in [1.82, 2.24) is 15.1 Å². The van der Waals surface area contributed by atoms with Crippen LogP contribution >= 0.6 is 11.6 Å². The van der Waals surface area contributed by atoms with Crippen LogP contribution in [-0.2, 0) is 13.1 Å². The first kappa shape index (κ1) is 17.7. The summed E-state index contributed by atoms with van der Waals surface area (Å²) < 4.78 is 13.6. The van der Waals surface area contributed by atoms with Crippen LogP contribution in [0.15, 0.2) is 48.5 Å². The second-order valence-electron chi connectivity index (χ2n) is 6.14. The minimum absolute atomic E-state index is 0.144. The second-order valence-corrected chi connectivity index (χ2v) is 6.58. The van der Waals surface area contributed by atoms with Gasteiger partial charge in [-0.2, -0.15) is 0 Å². The van der Waals surface area contributed by atoms with Crippen LogP contribution < -0.4 is 5.32 Å². The van der Waals surface area contributed by atoms with Crippen LogP contribution in [0.25, 0.3) is 0 Å². The molecule has 3 rings (SSSR count). The molecule has 0 atom stereocenters. The average molecular weight is 362 g/mol. The summed E-state index contributed by atoms with van der Waals surface area (Å²) in [7, 11) is 0. The lowest BCUT2D eigenvalue weighted by atomic mass is 10.2. The summed E-state index contributed by atoms with van der Waals surface area (Å²) >= 11 is 5.90. The minimum atomic E-state index is -0.296. The molecule has 6 heteroatoms. The summed E-state index contributed by atoms with van der Waals surface area (Å²) in [6.45, 7) is 4.01. The Morgan fingerprint density at radius 3 is 2.40 bits per heavy atom. The number of hydrogen-bond acceptors (Lipinski definition) is 2. The van der Waals surface area contributed by atoms with E-state index in [9.17, 15) is 9.18 Å². The Bertz CT molecular complexity index is 715. The van der Waals surface area contributed by atoms with Gasteiger partial charge in [0.1, 0.15) is 5.82 Å². The van der Waals surface area contributed by atoms with Crippen molar-refractivity contribution in [3.8, 4) is 0 Å². The Labute approximate surface area is 152 Å². The van der Waals surface area contributed by atoms with Gasteiger partial charge >= 0.3 is 6.03 Å². The Hall–Kier alpha value is -2.11. The molecule has 0 aromatic heterocycles. The van der Waals surface area contributed by atoms with Crippen molar-refractivity contribution in [2.24, 2.45) is 0 Å². The van der Waals surface area contributed by atoms with Crippen LogP contribution in [0.1, 0.15) is 11.1 Å². The zero-order valence-electron chi connectivity index (χ0n) is 13.9. The fourth-order valence-electron chi connectivity index (χ4n) is 2.88. The summed E-state index contributed by atoms with van der Waals surface area (Å²) in [4.78, 5) is 16.3. The quantitative estimate of drug-likeness (QED) is 0.904. The van der Waals surface area contributed by atoms with Gasteiger partial charge in [-0.25, -0.2) is 9.18 Å². The van der Waals surface area contributed by atoms with E-state index in [1.165, 1.54) is 11.6 Å². The van der Waals surface area contributed by atoms with E-state index in [0.29, 0.717) is 18.7 Å². The number of carbonyl (C=O) groups is 1. The molecular weight excluding hydrogens is 341 g/mol. The van der Waals surface area contributed by atoms with Crippen molar-refractivity contribution in [2.45, 2.75) is 13.1 Å². The van der Waals surface area contributed by atoms with Gasteiger partial charge in [0.2, 0.25) is 0 Å². The number of rotatable bonds is 4. The molecule has 1 aliphatic heterocycles. The van der Waals surface area contributed by atoms with E-state index in [1.54, 1.807) is 23.1 Å². The molecule has 1 heterocycles. The van der Waals surface area contributed by atoms with Crippen LogP contribution in [0.4, 0.5) is 9.18 Å². The third-order valence-corrected chi connectivity index (χ3v) is 4.62. The maximum Gasteiger partial charge on any atom is 0.317 e. The van der Waals surface area contributed by atoms with Gasteiger partial charge in [0.15, 0.2) is 0 Å². The maximum absolute atomic E-state index is 13.6. The molecule has 2 aromatic carbocycles. The van der Waals surface area contributed by atoms with Gasteiger partial charge in [-0.1, -0.05) is 41.9 Å². The summed E-state index contributed by atoms with van der Waals surface area (Å²) in [6, 6.07) is 14.2. The summed E-state index contributed by atoms with van der Waals surface area (Å²) in [5, 5.41) is 3.53. The third kappa shape index (κ3) is 4.94. The third-order valence-electron chi connectivity index (χ3n) is 4.37. The SMILES string of the molecule is O=C(NCc1ccccc1F)N1CCN(Cc2ccc(Cl)cc2)CC1. The van der Waals surface area contributed by atoms with Crippen LogP contribution in [0.5, 0.6) is 0 Å². The highest BCUT2D eigenvalue weighted by atomic mass is 35.5. The van der Waals surface area contributed by atoms with Crippen LogP contribution in [0, 0.1) is 5.82 Å². The van der Waals surface area contributed by atoms with Gasteiger partial charge in [0, 0.05) is 49.9 Å². The van der Waals surface area contributed by atoms with Crippen LogP contribution in [-0.4, -0.2) is 42.0 Å². The highest BCUT2D eigenvalue weighted by Crippen LogP contribution is 2.13. The predicted molar refractivity (Wildman–Crippen MR) is 96.9 cm³/mol. The molecule has 25 heavy (non-hydrogen) atoms. The topological polar surface area (TPSA) is 35.6 Å². The lowest BCUT2D eigenvalue weighted by Crippen LogP contribution is -2.51. The molecule has 0 radical (unpaired) electrons. The minimum Gasteiger partial charge on any atom is -0.334 e. The largest absolute Gasteiger partial charge is 0.334 e. The lowest BCUT2D eigenvalue weighted by Gasteiger charge is -2.34. The Balaban J connectivity index is 1.44. The van der Waals surface area contributed by atoms with E-state index >= 15 is 0 Å². The number of nitrogens with zero attached hydrogens (tertiary/aromatic N) is 2. The average Bonchev–Trinajstić information content (AvgIpc) is 2.63. The normalized spacial score (nSPS) is 15.2. The number of benzene rings is 2. The van der Waals surface area contributed by atoms with Crippen molar-refractivity contribution >= 4 is 17.6 Å². The molecule has 0 bridgehead atoms. The van der Waals surface area contributed by atoms with Gasteiger partial charge in [0.05, 0.1) is 0 Å². The zero-order valence-corrected chi connectivity index (χ0v) is 14.7. The lowest BCUT2D eigenvalue weighted by molar-refractivity contribution is 0.135. The number of carbonyl (C=O) groups excluding carboxylic acids is 1. The Kier molecular flexibility index (Phi) is 5.89. The molecule has 2 aromatic rings. The highest BCUT2D eigenvalue weighted by Gasteiger charge is 2.21. The van der Waals surface area contributed by atoms with Gasteiger partial charge in [0.25, 0.3) is 0 Å². The summed E-state index contributed by atoms with van der Waals surface area (Å²) in [5.74, 6) is -0.296. The van der Waals surface area contributed by atoms with Crippen molar-refractivity contribution < 1.29 is 9.18 Å². The van der Waals surface area contributed by atoms with E-state index in [-0.39, 0.29) is 18.4 Å². The fraction of sp³-hybridized carbons (Fsp3) is 0.316. The molecule has 2 amide bonds. The Morgan fingerprint density at radius 2 is 1.72 bits per heavy atom. The predicted octanol–water partition coefficient (Wildman–Crippen LogP) is 3.51. The van der Waals surface area contributed by atoms with E-state index in [4.69, 9.17) is 11.6 Å². The number of urea groups is 1. The molecular formula is C19H21ClFN3O. The molecule has 0 saturated carbocycles. The number of piperazine rings is 1. The number of hydrogen-bond donors (Lipinski definition) is 1. The molecule has 0 unspecified atom stereocenters. The number of halogens is 2. The van der Waals surface area contributed by atoms with E-state index < -0.39 is 0 Å². The standard InChI is InChI=1S/C19H21ClFN3O/c20-17-7-5-15(6-8-17)14-23-9-11-24(12-10-23)19(25)22-13-16-3-1-2-4-18(16)21/h1-8H,9-14H2,(H,22,25). The highest BCUT2D eigenvalue weighted by molar-refractivity contribution is 6.30. The summed E-state index contributed by atoms with van der Waals surface area (Å²) in [6.07, 6.45) is 0. The second kappa shape index (κ2) is 8.32. The summed E-state index contributed by atoms with van der Waals surface area (Å²) in [5.41, 5.74) is 1.71. The molecule has 132 valence electrons. The van der Waals surface area contributed by atoms with Gasteiger partial charge in [-0.15, -0.1) is 0 Å². The van der Waals surface area contributed by atoms with Crippen LogP contribution in [0.2, 0.25) is 5.02 Å². The van der Waals surface area contributed by atoms with Crippen molar-refractivity contribution in [1.29, 1.82) is 0 Å². The first-order chi connectivity index (χ1) is 12.1.